The third-order valence-corrected chi connectivity index (χ3v) is 6.82. The number of aromatic nitrogens is 2. The highest BCUT2D eigenvalue weighted by Gasteiger charge is 2.27. The summed E-state index contributed by atoms with van der Waals surface area (Å²) in [6.07, 6.45) is 7.41. The predicted molar refractivity (Wildman–Crippen MR) is 110 cm³/mol. The number of urea groups is 1. The van der Waals surface area contributed by atoms with Crippen LogP contribution in [0.15, 0.2) is 17.3 Å². The molecular formula is C20H27N5O3S. The Balaban J connectivity index is 1.55. The van der Waals surface area contributed by atoms with Gasteiger partial charge in [-0.15, -0.1) is 0 Å². The number of nitrogens with zero attached hydrogens (tertiary/aromatic N) is 3. The van der Waals surface area contributed by atoms with Crippen LogP contribution in [0.5, 0.6) is 0 Å². The molecule has 0 atom stereocenters. The number of sulfonamides is 1. The fraction of sp³-hybridized carbons (Fsp3) is 0.500. The molecule has 1 aromatic heterocycles. The first-order valence-electron chi connectivity index (χ1n) is 9.92. The van der Waals surface area contributed by atoms with Crippen molar-refractivity contribution in [2.45, 2.75) is 50.1 Å². The van der Waals surface area contributed by atoms with E-state index in [0.717, 1.165) is 55.3 Å². The van der Waals surface area contributed by atoms with Gasteiger partial charge in [-0.3, -0.25) is 0 Å². The Morgan fingerprint density at radius 3 is 2.34 bits per heavy atom. The first kappa shape index (κ1) is 19.9. The lowest BCUT2D eigenvalue weighted by Crippen LogP contribution is -2.35. The van der Waals surface area contributed by atoms with Crippen molar-refractivity contribution in [3.63, 3.8) is 0 Å². The highest BCUT2D eigenvalue weighted by molar-refractivity contribution is 7.90. The number of carbonyl (C=O) groups is 1. The van der Waals surface area contributed by atoms with E-state index in [4.69, 9.17) is 0 Å². The minimum atomic E-state index is -4.06. The maximum absolute atomic E-state index is 12.7. The summed E-state index contributed by atoms with van der Waals surface area (Å²) in [6.45, 7) is 0.501. The van der Waals surface area contributed by atoms with Crippen LogP contribution in [0.3, 0.4) is 0 Å². The molecule has 2 N–H and O–H groups in total. The van der Waals surface area contributed by atoms with Crippen LogP contribution < -0.4 is 10.0 Å². The zero-order valence-corrected chi connectivity index (χ0v) is 17.9. The summed E-state index contributed by atoms with van der Waals surface area (Å²) in [7, 11) is 1.44. The zero-order chi connectivity index (χ0) is 20.8. The van der Waals surface area contributed by atoms with E-state index in [1.54, 1.807) is 11.6 Å². The van der Waals surface area contributed by atoms with E-state index in [9.17, 15) is 13.2 Å². The van der Waals surface area contributed by atoms with Gasteiger partial charge in [-0.05, 0) is 74.9 Å². The minimum absolute atomic E-state index is 0.157. The Morgan fingerprint density at radius 1 is 1.14 bits per heavy atom. The molecule has 0 radical (unpaired) electrons. The number of rotatable bonds is 5. The number of carbonyl (C=O) groups excluding carboxylic acids is 1. The summed E-state index contributed by atoms with van der Waals surface area (Å²) < 4.78 is 29.2. The topological polar surface area (TPSA) is 96.3 Å². The van der Waals surface area contributed by atoms with Crippen LogP contribution in [-0.2, 0) is 49.3 Å². The summed E-state index contributed by atoms with van der Waals surface area (Å²) in [5.74, 6) is 0.606. The summed E-state index contributed by atoms with van der Waals surface area (Å²) in [6, 6.07) is 1.53. The first-order chi connectivity index (χ1) is 13.7. The van der Waals surface area contributed by atoms with Gasteiger partial charge in [0.2, 0.25) is 0 Å². The smallest absolute Gasteiger partial charge is 0.333 e. The van der Waals surface area contributed by atoms with Gasteiger partial charge >= 0.3 is 6.03 Å². The van der Waals surface area contributed by atoms with Crippen molar-refractivity contribution in [3.05, 3.63) is 40.3 Å². The maximum Gasteiger partial charge on any atom is 0.333 e. The molecule has 1 aromatic carbocycles. The van der Waals surface area contributed by atoms with E-state index in [2.05, 4.69) is 21.1 Å². The third kappa shape index (κ3) is 3.89. The van der Waals surface area contributed by atoms with Crippen LogP contribution in [0.1, 0.15) is 40.9 Å². The summed E-state index contributed by atoms with van der Waals surface area (Å²) in [5, 5.41) is 2.69. The molecule has 0 saturated heterocycles. The number of hydrogen-bond acceptors (Lipinski definition) is 5. The zero-order valence-electron chi connectivity index (χ0n) is 17.1. The second kappa shape index (κ2) is 7.46. The van der Waals surface area contributed by atoms with E-state index in [1.165, 1.54) is 17.3 Å². The molecule has 4 rings (SSSR count). The van der Waals surface area contributed by atoms with Crippen molar-refractivity contribution in [3.8, 4) is 0 Å². The highest BCUT2D eigenvalue weighted by atomic mass is 32.2. The van der Waals surface area contributed by atoms with Crippen molar-refractivity contribution in [1.29, 1.82) is 0 Å². The Hall–Kier alpha value is -2.39. The molecule has 0 saturated carbocycles. The predicted octanol–water partition coefficient (Wildman–Crippen LogP) is 1.97. The van der Waals surface area contributed by atoms with Crippen molar-refractivity contribution >= 4 is 21.7 Å². The summed E-state index contributed by atoms with van der Waals surface area (Å²) >= 11 is 0. The van der Waals surface area contributed by atoms with Gasteiger partial charge < -0.3 is 14.8 Å². The molecule has 2 aliphatic carbocycles. The number of anilines is 1. The molecule has 0 fully saturated rings. The number of nitrogens with one attached hydrogen (secondary N) is 2. The van der Waals surface area contributed by atoms with Crippen LogP contribution in [0.2, 0.25) is 0 Å². The molecule has 2 aromatic rings. The number of benzene rings is 1. The van der Waals surface area contributed by atoms with Crippen LogP contribution in [0, 0.1) is 0 Å². The van der Waals surface area contributed by atoms with Crippen LogP contribution in [0.4, 0.5) is 10.5 Å². The molecule has 156 valence electrons. The Morgan fingerprint density at radius 2 is 1.76 bits per heavy atom. The van der Waals surface area contributed by atoms with Gasteiger partial charge in [0, 0.05) is 18.9 Å². The van der Waals surface area contributed by atoms with Crippen molar-refractivity contribution in [1.82, 2.24) is 19.2 Å². The van der Waals surface area contributed by atoms with Gasteiger partial charge in [0.15, 0.2) is 5.03 Å². The summed E-state index contributed by atoms with van der Waals surface area (Å²) in [4.78, 5) is 18.7. The summed E-state index contributed by atoms with van der Waals surface area (Å²) in [5.41, 5.74) is 5.69. The van der Waals surface area contributed by atoms with Crippen molar-refractivity contribution < 1.29 is 13.2 Å². The molecule has 29 heavy (non-hydrogen) atoms. The molecule has 0 spiro atoms. The van der Waals surface area contributed by atoms with E-state index in [-0.39, 0.29) is 5.03 Å². The maximum atomic E-state index is 12.7. The number of hydrogen-bond donors (Lipinski definition) is 2. The van der Waals surface area contributed by atoms with E-state index in [0.29, 0.717) is 12.4 Å². The third-order valence-electron chi connectivity index (χ3n) is 5.62. The average Bonchev–Trinajstić information content (AvgIpc) is 3.34. The molecule has 1 heterocycles. The van der Waals surface area contributed by atoms with Crippen LogP contribution >= 0.6 is 0 Å². The van der Waals surface area contributed by atoms with Crippen molar-refractivity contribution in [2.24, 2.45) is 7.05 Å². The molecule has 2 aliphatic rings. The lowest BCUT2D eigenvalue weighted by atomic mass is 9.99. The normalized spacial score (nSPS) is 15.4. The van der Waals surface area contributed by atoms with Crippen molar-refractivity contribution in [2.75, 3.05) is 19.4 Å². The number of aryl methyl sites for hydroxylation is 3. The van der Waals surface area contributed by atoms with Gasteiger partial charge in [0.1, 0.15) is 5.82 Å². The van der Waals surface area contributed by atoms with Gasteiger partial charge in [-0.1, -0.05) is 6.07 Å². The standard InChI is InChI=1S/C20H27N5O3S/c1-24(2)11-17-21-18(12-25(17)3)29(27,28)23-20(26)22-19-15-8-4-6-13(15)10-14-7-5-9-16(14)19/h10,12H,4-9,11H2,1-3H3,(H2,22,23,26). The Kier molecular flexibility index (Phi) is 5.12. The van der Waals surface area contributed by atoms with E-state index in [1.807, 2.05) is 19.0 Å². The highest BCUT2D eigenvalue weighted by Crippen LogP contribution is 2.38. The minimum Gasteiger partial charge on any atom is -0.335 e. The fourth-order valence-corrected chi connectivity index (χ4v) is 5.24. The van der Waals surface area contributed by atoms with Gasteiger partial charge in [0.25, 0.3) is 10.0 Å². The van der Waals surface area contributed by atoms with E-state index < -0.39 is 16.1 Å². The van der Waals surface area contributed by atoms with Gasteiger partial charge in [-0.2, -0.15) is 8.42 Å². The lowest BCUT2D eigenvalue weighted by molar-refractivity contribution is 0.256. The molecule has 2 amide bonds. The molecule has 0 aliphatic heterocycles. The van der Waals surface area contributed by atoms with Crippen LogP contribution in [-0.4, -0.2) is 43.0 Å². The molecule has 9 heteroatoms. The molecule has 8 nitrogen and oxygen atoms in total. The average molecular weight is 418 g/mol. The second-order valence-electron chi connectivity index (χ2n) is 8.14. The Labute approximate surface area is 171 Å². The molecule has 0 bridgehead atoms. The van der Waals surface area contributed by atoms with Crippen LogP contribution in [0.25, 0.3) is 0 Å². The number of amides is 2. The quantitative estimate of drug-likeness (QED) is 0.775. The first-order valence-corrected chi connectivity index (χ1v) is 11.4. The molecule has 0 unspecified atom stereocenters. The van der Waals surface area contributed by atoms with Gasteiger partial charge in [-0.25, -0.2) is 14.5 Å². The number of fused-ring (bicyclic) bond motifs is 2. The second-order valence-corrected chi connectivity index (χ2v) is 9.77. The van der Waals surface area contributed by atoms with Gasteiger partial charge in [0.05, 0.1) is 6.54 Å². The molecular weight excluding hydrogens is 390 g/mol. The number of imidazole rings is 1. The monoisotopic (exact) mass is 417 g/mol. The lowest BCUT2D eigenvalue weighted by Gasteiger charge is -2.16. The fourth-order valence-electron chi connectivity index (χ4n) is 4.31. The Bertz CT molecular complexity index is 1040. The largest absolute Gasteiger partial charge is 0.335 e. The van der Waals surface area contributed by atoms with E-state index >= 15 is 0 Å². The SMILES string of the molecule is CN(C)Cc1nc(S(=O)(=O)NC(=O)Nc2c3c(cc4c2CCC4)CCC3)cn1C.